The van der Waals surface area contributed by atoms with E-state index in [0.717, 1.165) is 10.5 Å². The zero-order valence-corrected chi connectivity index (χ0v) is 19.7. The second kappa shape index (κ2) is 10.3. The number of benzene rings is 4. The number of nitrogens with one attached hydrogen (secondary N) is 1. The molecule has 2 N–H and O–H groups in total. The summed E-state index contributed by atoms with van der Waals surface area (Å²) in [5, 5.41) is 12.9. The maximum atomic E-state index is 13.7. The third-order valence-electron chi connectivity index (χ3n) is 6.15. The number of fused-ring (bicyclic) bond motifs is 1. The minimum atomic E-state index is -1.08. The molecule has 0 fully saturated rings. The van der Waals surface area contributed by atoms with Crippen LogP contribution in [0.5, 0.6) is 5.75 Å². The van der Waals surface area contributed by atoms with Gasteiger partial charge in [0.2, 0.25) is 5.91 Å². The molecule has 1 aliphatic heterocycles. The Morgan fingerprint density at radius 2 is 1.41 bits per heavy atom. The van der Waals surface area contributed by atoms with Gasteiger partial charge in [-0.25, -0.2) is 0 Å². The molecule has 1 aliphatic rings. The van der Waals surface area contributed by atoms with Crippen LogP contribution >= 0.6 is 0 Å². The van der Waals surface area contributed by atoms with E-state index < -0.39 is 23.8 Å². The number of carbonyl (C=O) groups is 3. The van der Waals surface area contributed by atoms with Crippen LogP contribution in [-0.4, -0.2) is 40.0 Å². The Morgan fingerprint density at radius 1 is 0.811 bits per heavy atom. The number of aromatic hydroxyl groups is 1. The summed E-state index contributed by atoms with van der Waals surface area (Å²) in [4.78, 5) is 45.6. The van der Waals surface area contributed by atoms with Gasteiger partial charge in [0.25, 0.3) is 11.8 Å². The summed E-state index contributed by atoms with van der Waals surface area (Å²) in [5.41, 5.74) is 2.77. The number of hydrogen-bond acceptors (Lipinski definition) is 5. The number of hydrogen-bond donors (Lipinski definition) is 2. The van der Waals surface area contributed by atoms with Crippen molar-refractivity contribution in [1.29, 1.82) is 0 Å². The predicted molar refractivity (Wildman–Crippen MR) is 141 cm³/mol. The second-order valence-electron chi connectivity index (χ2n) is 8.55. The fraction of sp³-hybridized carbons (Fsp3) is 0.0667. The first kappa shape index (κ1) is 23.7. The Labute approximate surface area is 213 Å². The van der Waals surface area contributed by atoms with E-state index >= 15 is 0 Å². The molecule has 0 bridgehead atoms. The van der Waals surface area contributed by atoms with Crippen molar-refractivity contribution in [2.45, 2.75) is 12.5 Å². The zero-order valence-electron chi connectivity index (χ0n) is 19.7. The maximum Gasteiger partial charge on any atom is 0.262 e. The lowest BCUT2D eigenvalue weighted by Crippen LogP contribution is -2.48. The minimum Gasteiger partial charge on any atom is -0.507 e. The number of imide groups is 1. The SMILES string of the molecule is O=C(Nc1ccccc1N=Cc1ccccc1O)[C@@H](Cc1ccccc1)N1C(=O)c2ccccc2C1=O. The average molecular weight is 490 g/mol. The molecule has 1 atom stereocenters. The molecule has 7 heteroatoms. The predicted octanol–water partition coefficient (Wildman–Crippen LogP) is 4.99. The lowest BCUT2D eigenvalue weighted by atomic mass is 10.0. The zero-order chi connectivity index (χ0) is 25.8. The monoisotopic (exact) mass is 489 g/mol. The first-order valence-corrected chi connectivity index (χ1v) is 11.8. The van der Waals surface area contributed by atoms with Crippen molar-refractivity contribution in [3.05, 3.63) is 125 Å². The molecule has 4 aromatic rings. The summed E-state index contributed by atoms with van der Waals surface area (Å²) in [5.74, 6) is -1.42. The number of rotatable bonds is 7. The lowest BCUT2D eigenvalue weighted by molar-refractivity contribution is -0.119. The van der Waals surface area contributed by atoms with E-state index in [2.05, 4.69) is 10.3 Å². The topological polar surface area (TPSA) is 99.1 Å². The van der Waals surface area contributed by atoms with E-state index in [-0.39, 0.29) is 23.3 Å². The van der Waals surface area contributed by atoms with Gasteiger partial charge in [-0.1, -0.05) is 66.7 Å². The third-order valence-corrected chi connectivity index (χ3v) is 6.15. The van der Waals surface area contributed by atoms with Gasteiger partial charge in [-0.15, -0.1) is 0 Å². The van der Waals surface area contributed by atoms with Gasteiger partial charge in [0, 0.05) is 18.2 Å². The number of para-hydroxylation sites is 3. The summed E-state index contributed by atoms with van der Waals surface area (Å²) in [7, 11) is 0. The van der Waals surface area contributed by atoms with E-state index in [9.17, 15) is 19.5 Å². The summed E-state index contributed by atoms with van der Waals surface area (Å²) in [6.45, 7) is 0. The van der Waals surface area contributed by atoms with Gasteiger partial charge in [-0.3, -0.25) is 24.3 Å². The molecular weight excluding hydrogens is 466 g/mol. The van der Waals surface area contributed by atoms with E-state index in [1.807, 2.05) is 30.3 Å². The van der Waals surface area contributed by atoms with Crippen LogP contribution in [0.1, 0.15) is 31.8 Å². The number of carbonyl (C=O) groups excluding carboxylic acids is 3. The van der Waals surface area contributed by atoms with Crippen LogP contribution in [0.15, 0.2) is 108 Å². The van der Waals surface area contributed by atoms with Crippen molar-refractivity contribution in [2.75, 3.05) is 5.32 Å². The van der Waals surface area contributed by atoms with Gasteiger partial charge in [0.05, 0.1) is 22.5 Å². The van der Waals surface area contributed by atoms with E-state index in [0.29, 0.717) is 16.9 Å². The van der Waals surface area contributed by atoms with Crippen molar-refractivity contribution in [2.24, 2.45) is 4.99 Å². The van der Waals surface area contributed by atoms with Crippen molar-refractivity contribution in [3.8, 4) is 5.75 Å². The molecule has 0 saturated carbocycles. The van der Waals surface area contributed by atoms with Crippen LogP contribution in [0.3, 0.4) is 0 Å². The minimum absolute atomic E-state index is 0.0846. The molecule has 1 heterocycles. The summed E-state index contributed by atoms with van der Waals surface area (Å²) in [6.07, 6.45) is 1.66. The Hall–Kier alpha value is -5.04. The highest BCUT2D eigenvalue weighted by Gasteiger charge is 2.42. The van der Waals surface area contributed by atoms with Crippen LogP contribution in [0.25, 0.3) is 0 Å². The van der Waals surface area contributed by atoms with Gasteiger partial charge in [-0.05, 0) is 42.0 Å². The largest absolute Gasteiger partial charge is 0.507 e. The Morgan fingerprint density at radius 3 is 2.11 bits per heavy atom. The lowest BCUT2D eigenvalue weighted by Gasteiger charge is -2.26. The average Bonchev–Trinajstić information content (AvgIpc) is 3.17. The van der Waals surface area contributed by atoms with E-state index in [4.69, 9.17) is 0 Å². The van der Waals surface area contributed by atoms with Gasteiger partial charge < -0.3 is 10.4 Å². The molecule has 3 amide bonds. The molecule has 182 valence electrons. The van der Waals surface area contributed by atoms with Gasteiger partial charge in [0.1, 0.15) is 11.8 Å². The van der Waals surface area contributed by atoms with Crippen molar-refractivity contribution < 1.29 is 19.5 Å². The second-order valence-corrected chi connectivity index (χ2v) is 8.55. The van der Waals surface area contributed by atoms with Crippen molar-refractivity contribution >= 4 is 35.3 Å². The molecule has 7 nitrogen and oxygen atoms in total. The fourth-order valence-electron chi connectivity index (χ4n) is 4.27. The normalized spacial score (nSPS) is 13.6. The number of nitrogens with zero attached hydrogens (tertiary/aromatic N) is 2. The van der Waals surface area contributed by atoms with Crippen LogP contribution in [-0.2, 0) is 11.2 Å². The van der Waals surface area contributed by atoms with Crippen LogP contribution in [0.2, 0.25) is 0 Å². The highest BCUT2D eigenvalue weighted by atomic mass is 16.3. The quantitative estimate of drug-likeness (QED) is 0.282. The van der Waals surface area contributed by atoms with Crippen LogP contribution in [0, 0.1) is 0 Å². The standard InChI is InChI=1S/C30H23N3O4/c34-27-17-9-4-12-21(27)19-31-24-15-7-8-16-25(24)32-28(35)26(18-20-10-2-1-3-11-20)33-29(36)22-13-5-6-14-23(22)30(33)37/h1-17,19,26,34H,18H2,(H,32,35)/t26-/m1/s1. The van der Waals surface area contributed by atoms with Crippen LogP contribution in [0.4, 0.5) is 11.4 Å². The van der Waals surface area contributed by atoms with Gasteiger partial charge >= 0.3 is 0 Å². The summed E-state index contributed by atoms with van der Waals surface area (Å²) < 4.78 is 0. The molecule has 0 radical (unpaired) electrons. The number of phenolic OH excluding ortho intramolecular Hbond substituents is 1. The third kappa shape index (κ3) is 4.88. The number of anilines is 1. The molecule has 4 aromatic carbocycles. The number of amides is 3. The maximum absolute atomic E-state index is 13.7. The Balaban J connectivity index is 1.46. The molecule has 0 spiro atoms. The van der Waals surface area contributed by atoms with E-state index in [1.165, 1.54) is 6.21 Å². The molecular formula is C30H23N3O4. The van der Waals surface area contributed by atoms with E-state index in [1.54, 1.807) is 72.8 Å². The Bertz CT molecular complexity index is 1480. The fourth-order valence-corrected chi connectivity index (χ4v) is 4.27. The van der Waals surface area contributed by atoms with Gasteiger partial charge in [0.15, 0.2) is 0 Å². The van der Waals surface area contributed by atoms with Crippen LogP contribution < -0.4 is 5.32 Å². The molecule has 0 aliphatic carbocycles. The smallest absolute Gasteiger partial charge is 0.262 e. The van der Waals surface area contributed by atoms with Crippen molar-refractivity contribution in [3.63, 3.8) is 0 Å². The highest BCUT2D eigenvalue weighted by Crippen LogP contribution is 2.29. The number of aliphatic imine (C=N–C) groups is 1. The summed E-state index contributed by atoms with van der Waals surface area (Å²) in [6, 6.07) is 28.5. The molecule has 5 rings (SSSR count). The Kier molecular flexibility index (Phi) is 6.59. The van der Waals surface area contributed by atoms with Crippen molar-refractivity contribution in [1.82, 2.24) is 4.90 Å². The summed E-state index contributed by atoms with van der Waals surface area (Å²) >= 11 is 0. The van der Waals surface area contributed by atoms with Gasteiger partial charge in [-0.2, -0.15) is 0 Å². The highest BCUT2D eigenvalue weighted by molar-refractivity contribution is 6.23. The molecule has 0 saturated heterocycles. The molecule has 37 heavy (non-hydrogen) atoms. The number of phenols is 1. The molecule has 0 unspecified atom stereocenters. The molecule has 0 aromatic heterocycles. The first-order valence-electron chi connectivity index (χ1n) is 11.8. The first-order chi connectivity index (χ1) is 18.0.